The topological polar surface area (TPSA) is 38.0 Å². The van der Waals surface area contributed by atoms with Crippen LogP contribution in [0.1, 0.15) is 96.8 Å². The van der Waals surface area contributed by atoms with Crippen molar-refractivity contribution >= 4 is 11.6 Å². The zero-order valence-electron chi connectivity index (χ0n) is 14.8. The molecule has 0 radical (unpaired) electrons. The highest BCUT2D eigenvalue weighted by atomic mass is 35.5. The molecule has 0 saturated carbocycles. The molecule has 0 amide bonds. The van der Waals surface area contributed by atoms with Crippen LogP contribution in [0.25, 0.3) is 0 Å². The van der Waals surface area contributed by atoms with Crippen LogP contribution in [0.4, 0.5) is 0 Å². The largest absolute Gasteiger partial charge is 0.326 e. The van der Waals surface area contributed by atoms with E-state index in [2.05, 4.69) is 12.2 Å². The molecule has 1 fully saturated rings. The summed E-state index contributed by atoms with van der Waals surface area (Å²) < 4.78 is 0. The van der Waals surface area contributed by atoms with Gasteiger partial charge in [0.15, 0.2) is 0 Å². The van der Waals surface area contributed by atoms with Gasteiger partial charge in [0.2, 0.25) is 0 Å². The number of nitrogens with one attached hydrogen (secondary N) is 1. The molecule has 2 nitrogen and oxygen atoms in total. The van der Waals surface area contributed by atoms with Crippen LogP contribution in [0, 0.1) is 0 Å². The molecule has 1 aliphatic rings. The summed E-state index contributed by atoms with van der Waals surface area (Å²) in [6.45, 7) is 3.25. The van der Waals surface area contributed by atoms with Gasteiger partial charge in [-0.1, -0.05) is 77.6 Å². The summed E-state index contributed by atoms with van der Waals surface area (Å²) in [5.41, 5.74) is 5.91. The van der Waals surface area contributed by atoms with Crippen LogP contribution in [0.2, 0.25) is 0 Å². The third-order valence-electron chi connectivity index (χ3n) is 4.92. The van der Waals surface area contributed by atoms with Gasteiger partial charge in [-0.05, 0) is 19.3 Å². The number of halogens is 1. The first-order chi connectivity index (χ1) is 10.7. The molecular formula is C19H39ClN2. The van der Waals surface area contributed by atoms with Crippen LogP contribution in [-0.4, -0.2) is 24.0 Å². The van der Waals surface area contributed by atoms with Crippen molar-refractivity contribution in [3.8, 4) is 0 Å². The predicted octanol–water partition coefficient (Wildman–Crippen LogP) is 5.37. The highest BCUT2D eigenvalue weighted by Gasteiger charge is 2.22. The Morgan fingerprint density at radius 2 is 1.50 bits per heavy atom. The first kappa shape index (κ1) is 20.3. The Bertz CT molecular complexity index is 248. The van der Waals surface area contributed by atoms with Crippen molar-refractivity contribution in [2.75, 3.05) is 6.54 Å². The molecule has 0 aromatic carbocycles. The lowest BCUT2D eigenvalue weighted by atomic mass is 10.0. The highest BCUT2D eigenvalue weighted by Crippen LogP contribution is 2.19. The molecule has 3 atom stereocenters. The van der Waals surface area contributed by atoms with Crippen LogP contribution < -0.4 is 11.1 Å². The molecule has 22 heavy (non-hydrogen) atoms. The number of hydrogen-bond donors (Lipinski definition) is 2. The van der Waals surface area contributed by atoms with Gasteiger partial charge in [0.1, 0.15) is 0 Å². The highest BCUT2D eigenvalue weighted by molar-refractivity contribution is 6.20. The molecule has 0 aromatic rings. The number of hydrogen-bond acceptors (Lipinski definition) is 2. The number of nitrogens with two attached hydrogens (primary N) is 1. The summed E-state index contributed by atoms with van der Waals surface area (Å²) in [4.78, 5) is 0. The van der Waals surface area contributed by atoms with Crippen LogP contribution in [0.3, 0.4) is 0 Å². The Morgan fingerprint density at radius 3 is 2.00 bits per heavy atom. The van der Waals surface area contributed by atoms with Crippen LogP contribution in [-0.2, 0) is 0 Å². The lowest BCUT2D eigenvalue weighted by molar-refractivity contribution is 0.499. The van der Waals surface area contributed by atoms with Gasteiger partial charge >= 0.3 is 0 Å². The summed E-state index contributed by atoms with van der Waals surface area (Å²) in [7, 11) is 0. The van der Waals surface area contributed by atoms with Crippen molar-refractivity contribution in [3.05, 3.63) is 0 Å². The van der Waals surface area contributed by atoms with Gasteiger partial charge in [-0.2, -0.15) is 0 Å². The molecule has 0 spiro atoms. The Kier molecular flexibility index (Phi) is 12.5. The summed E-state index contributed by atoms with van der Waals surface area (Å²) in [5, 5.41) is 3.81. The Balaban J connectivity index is 1.79. The van der Waals surface area contributed by atoms with Gasteiger partial charge in [0, 0.05) is 24.0 Å². The fraction of sp³-hybridized carbons (Fsp3) is 1.00. The zero-order chi connectivity index (χ0) is 16.0. The molecule has 3 heteroatoms. The van der Waals surface area contributed by atoms with Crippen molar-refractivity contribution in [1.82, 2.24) is 5.32 Å². The summed E-state index contributed by atoms with van der Waals surface area (Å²) in [5.74, 6) is 0. The normalized spacial score (nSPS) is 23.0. The molecule has 0 aliphatic carbocycles. The minimum Gasteiger partial charge on any atom is -0.326 e. The molecule has 1 heterocycles. The molecule has 3 unspecified atom stereocenters. The Hall–Kier alpha value is 0.210. The summed E-state index contributed by atoms with van der Waals surface area (Å²) in [6, 6.07) is 0.904. The van der Waals surface area contributed by atoms with Crippen LogP contribution in [0.5, 0.6) is 0 Å². The molecule has 3 N–H and O–H groups in total. The maximum absolute atomic E-state index is 6.45. The van der Waals surface area contributed by atoms with Crippen molar-refractivity contribution in [2.45, 2.75) is 114 Å². The van der Waals surface area contributed by atoms with E-state index in [-0.39, 0.29) is 0 Å². The number of alkyl halides is 1. The fourth-order valence-corrected chi connectivity index (χ4v) is 3.86. The van der Waals surface area contributed by atoms with E-state index in [9.17, 15) is 0 Å². The summed E-state index contributed by atoms with van der Waals surface area (Å²) >= 11 is 6.45. The van der Waals surface area contributed by atoms with E-state index in [0.29, 0.717) is 17.5 Å². The second-order valence-corrected chi connectivity index (χ2v) is 7.88. The lowest BCUT2D eigenvalue weighted by Crippen LogP contribution is -2.25. The first-order valence-electron chi connectivity index (χ1n) is 9.85. The smallest absolute Gasteiger partial charge is 0.0350 e. The van der Waals surface area contributed by atoms with E-state index in [0.717, 1.165) is 19.4 Å². The average molecular weight is 331 g/mol. The average Bonchev–Trinajstić information content (AvgIpc) is 2.90. The number of unbranched alkanes of at least 4 members (excludes halogenated alkanes) is 10. The minimum atomic E-state index is 0.335. The maximum atomic E-state index is 6.45. The van der Waals surface area contributed by atoms with E-state index in [1.54, 1.807) is 0 Å². The van der Waals surface area contributed by atoms with E-state index in [1.165, 1.54) is 77.0 Å². The molecule has 1 aliphatic heterocycles. The molecule has 132 valence electrons. The first-order valence-corrected chi connectivity index (χ1v) is 10.3. The lowest BCUT2D eigenvalue weighted by Gasteiger charge is -2.15. The van der Waals surface area contributed by atoms with Crippen molar-refractivity contribution in [1.29, 1.82) is 0 Å². The van der Waals surface area contributed by atoms with Gasteiger partial charge < -0.3 is 11.1 Å². The maximum Gasteiger partial charge on any atom is 0.0350 e. The van der Waals surface area contributed by atoms with Crippen molar-refractivity contribution in [2.24, 2.45) is 5.73 Å². The van der Waals surface area contributed by atoms with Gasteiger partial charge in [-0.15, -0.1) is 11.6 Å². The number of rotatable bonds is 14. The van der Waals surface area contributed by atoms with Gasteiger partial charge in [0.05, 0.1) is 0 Å². The van der Waals surface area contributed by atoms with Gasteiger partial charge in [0.25, 0.3) is 0 Å². The van der Waals surface area contributed by atoms with Gasteiger partial charge in [-0.3, -0.25) is 0 Å². The predicted molar refractivity (Wildman–Crippen MR) is 99.7 cm³/mol. The van der Waals surface area contributed by atoms with Gasteiger partial charge in [-0.25, -0.2) is 0 Å². The molecule has 1 saturated heterocycles. The van der Waals surface area contributed by atoms with E-state index < -0.39 is 0 Å². The molecule has 0 aromatic heterocycles. The third kappa shape index (κ3) is 10.9. The molecule has 1 rings (SSSR count). The monoisotopic (exact) mass is 330 g/mol. The minimum absolute atomic E-state index is 0.335. The Morgan fingerprint density at radius 1 is 0.955 bits per heavy atom. The third-order valence-corrected chi connectivity index (χ3v) is 5.31. The standard InChI is InChI=1S/C19H39ClN2/c1-2-3-4-5-6-7-8-9-10-11-12-13-17(20)14-19-15-18(21)16-22-19/h17-19,22H,2-16,21H2,1H3. The van der Waals surface area contributed by atoms with E-state index in [1.807, 2.05) is 0 Å². The zero-order valence-corrected chi connectivity index (χ0v) is 15.5. The van der Waals surface area contributed by atoms with Crippen molar-refractivity contribution in [3.63, 3.8) is 0 Å². The molecular weight excluding hydrogens is 292 g/mol. The molecule has 0 bridgehead atoms. The van der Waals surface area contributed by atoms with Crippen molar-refractivity contribution < 1.29 is 0 Å². The van der Waals surface area contributed by atoms with E-state index in [4.69, 9.17) is 17.3 Å². The second kappa shape index (κ2) is 13.6. The quantitative estimate of drug-likeness (QED) is 0.332. The summed E-state index contributed by atoms with van der Waals surface area (Å²) in [6.07, 6.45) is 18.8. The van der Waals surface area contributed by atoms with Crippen LogP contribution in [0.15, 0.2) is 0 Å². The van der Waals surface area contributed by atoms with Crippen LogP contribution >= 0.6 is 11.6 Å². The van der Waals surface area contributed by atoms with E-state index >= 15 is 0 Å². The SMILES string of the molecule is CCCCCCCCCCCCCC(Cl)CC1CC(N)CN1. The Labute approximate surface area is 143 Å². The second-order valence-electron chi connectivity index (χ2n) is 7.26. The fourth-order valence-electron chi connectivity index (χ4n) is 3.49.